The lowest BCUT2D eigenvalue weighted by Gasteiger charge is -2.31. The van der Waals surface area contributed by atoms with Crippen molar-refractivity contribution in [3.63, 3.8) is 0 Å². The molecule has 0 fully saturated rings. The van der Waals surface area contributed by atoms with Crippen LogP contribution in [0.2, 0.25) is 0 Å². The Kier molecular flexibility index (Phi) is 8.59. The number of rotatable bonds is 7. The van der Waals surface area contributed by atoms with Gasteiger partial charge in [-0.3, -0.25) is 23.7 Å². The molecule has 0 aliphatic rings. The number of carboxylic acid groups (broad SMARTS) is 3. The number of amides is 1. The summed E-state index contributed by atoms with van der Waals surface area (Å²) in [4.78, 5) is 60.9. The normalized spacial score (nSPS) is 14.6. The van der Waals surface area contributed by atoms with E-state index < -0.39 is 43.0 Å². The van der Waals surface area contributed by atoms with Gasteiger partial charge in [0.1, 0.15) is 0 Å². The SMILES string of the molecule is CC(C(=O)O)C(CC(=O)O)(C(=O)O)P(=O)(O)O.CN(C)C=O. The Labute approximate surface area is 125 Å². The van der Waals surface area contributed by atoms with Gasteiger partial charge in [-0.05, 0) is 0 Å². The standard InChI is InChI=1S/C7H11O9P.C3H7NO/c1-3(5(10)11)7(6(12)13,2-4(8)9)17(14,15)16;1-4(2)3-5/h3H,2H2,1H3,(H,8,9)(H,10,11)(H,12,13)(H2,14,15,16);3H,1-2H3. The number of carbonyl (C=O) groups is 4. The van der Waals surface area contributed by atoms with E-state index >= 15 is 0 Å². The van der Waals surface area contributed by atoms with E-state index in [1.54, 1.807) is 14.1 Å². The summed E-state index contributed by atoms with van der Waals surface area (Å²) in [6, 6.07) is 0. The number of hydrogen-bond acceptors (Lipinski definition) is 5. The molecule has 12 heteroatoms. The molecule has 1 amide bonds. The highest BCUT2D eigenvalue weighted by molar-refractivity contribution is 7.55. The molecule has 0 saturated carbocycles. The molecule has 128 valence electrons. The topological polar surface area (TPSA) is 190 Å². The molecule has 0 aromatic heterocycles. The molecule has 0 radical (unpaired) electrons. The van der Waals surface area contributed by atoms with Crippen molar-refractivity contribution in [2.24, 2.45) is 5.92 Å². The second-order valence-corrected chi connectivity index (χ2v) is 6.36. The first-order valence-corrected chi connectivity index (χ1v) is 7.20. The molecule has 0 aliphatic heterocycles. The van der Waals surface area contributed by atoms with E-state index in [9.17, 15) is 23.7 Å². The average molecular weight is 343 g/mol. The summed E-state index contributed by atoms with van der Waals surface area (Å²) in [5.41, 5.74) is 0. The molecule has 5 N–H and O–H groups in total. The largest absolute Gasteiger partial charge is 0.481 e. The zero-order chi connectivity index (χ0) is 18.3. The molecule has 0 aliphatic carbocycles. The minimum Gasteiger partial charge on any atom is -0.481 e. The first kappa shape index (κ1) is 22.3. The fourth-order valence-corrected chi connectivity index (χ4v) is 2.53. The van der Waals surface area contributed by atoms with Gasteiger partial charge in [-0.25, -0.2) is 0 Å². The van der Waals surface area contributed by atoms with Gasteiger partial charge in [0.15, 0.2) is 5.16 Å². The van der Waals surface area contributed by atoms with Crippen LogP contribution in [0.1, 0.15) is 13.3 Å². The maximum atomic E-state index is 11.2. The van der Waals surface area contributed by atoms with Crippen LogP contribution in [-0.2, 0) is 23.7 Å². The van der Waals surface area contributed by atoms with Crippen molar-refractivity contribution < 1.29 is 48.8 Å². The Balaban J connectivity index is 0. The fourth-order valence-electron chi connectivity index (χ4n) is 1.33. The Bertz CT molecular complexity index is 484. The molecule has 2 atom stereocenters. The van der Waals surface area contributed by atoms with E-state index in [1.165, 1.54) is 4.90 Å². The fraction of sp³-hybridized carbons (Fsp3) is 0.600. The highest BCUT2D eigenvalue weighted by Crippen LogP contribution is 2.56. The van der Waals surface area contributed by atoms with Gasteiger partial charge in [0.25, 0.3) is 0 Å². The van der Waals surface area contributed by atoms with Gasteiger partial charge in [-0.2, -0.15) is 0 Å². The summed E-state index contributed by atoms with van der Waals surface area (Å²) in [5.74, 6) is -7.85. The predicted octanol–water partition coefficient (Wildman–Crippen LogP) is -1.11. The lowest BCUT2D eigenvalue weighted by Crippen LogP contribution is -2.49. The van der Waals surface area contributed by atoms with Crippen molar-refractivity contribution in [1.29, 1.82) is 0 Å². The van der Waals surface area contributed by atoms with Crippen molar-refractivity contribution in [3.05, 3.63) is 0 Å². The minimum absolute atomic E-state index is 0.735. The molecular weight excluding hydrogens is 325 g/mol. The highest BCUT2D eigenvalue weighted by atomic mass is 31.2. The maximum absolute atomic E-state index is 11.2. The van der Waals surface area contributed by atoms with Gasteiger partial charge in [-0.15, -0.1) is 0 Å². The van der Waals surface area contributed by atoms with Crippen LogP contribution in [0.5, 0.6) is 0 Å². The van der Waals surface area contributed by atoms with Crippen molar-refractivity contribution in [2.75, 3.05) is 14.1 Å². The lowest BCUT2D eigenvalue weighted by molar-refractivity contribution is -0.155. The zero-order valence-corrected chi connectivity index (χ0v) is 12.9. The smallest absolute Gasteiger partial charge is 0.344 e. The maximum Gasteiger partial charge on any atom is 0.344 e. The number of aliphatic carboxylic acids is 3. The van der Waals surface area contributed by atoms with Crippen LogP contribution in [0, 0.1) is 5.92 Å². The third kappa shape index (κ3) is 5.80. The molecule has 0 bridgehead atoms. The minimum atomic E-state index is -5.49. The molecule has 22 heavy (non-hydrogen) atoms. The molecule has 0 saturated heterocycles. The van der Waals surface area contributed by atoms with E-state index in [1.807, 2.05) is 0 Å². The van der Waals surface area contributed by atoms with Crippen molar-refractivity contribution >= 4 is 31.9 Å². The Morgan fingerprint density at radius 2 is 1.55 bits per heavy atom. The van der Waals surface area contributed by atoms with Crippen molar-refractivity contribution in [2.45, 2.75) is 18.5 Å². The van der Waals surface area contributed by atoms with Crippen LogP contribution in [0.3, 0.4) is 0 Å². The van der Waals surface area contributed by atoms with Crippen LogP contribution in [0.4, 0.5) is 0 Å². The first-order chi connectivity index (χ1) is 9.73. The number of hydrogen-bond donors (Lipinski definition) is 5. The predicted molar refractivity (Wildman–Crippen MR) is 71.2 cm³/mol. The van der Waals surface area contributed by atoms with Crippen molar-refractivity contribution in [3.8, 4) is 0 Å². The summed E-state index contributed by atoms with van der Waals surface area (Å²) in [5, 5.41) is 22.8. The van der Waals surface area contributed by atoms with Gasteiger partial charge in [-0.1, -0.05) is 6.92 Å². The summed E-state index contributed by atoms with van der Waals surface area (Å²) < 4.78 is 11.2. The van der Waals surface area contributed by atoms with E-state index in [0.29, 0.717) is 0 Å². The molecule has 2 unspecified atom stereocenters. The second-order valence-electron chi connectivity index (χ2n) is 4.47. The van der Waals surface area contributed by atoms with E-state index in [0.717, 1.165) is 13.3 Å². The molecule has 0 aromatic carbocycles. The third-order valence-corrected chi connectivity index (χ3v) is 4.38. The Hall–Kier alpha value is -1.97. The second kappa shape index (κ2) is 8.47. The van der Waals surface area contributed by atoms with Crippen LogP contribution in [0.15, 0.2) is 0 Å². The van der Waals surface area contributed by atoms with Crippen LogP contribution in [0.25, 0.3) is 0 Å². The average Bonchev–Trinajstić information content (AvgIpc) is 2.33. The first-order valence-electron chi connectivity index (χ1n) is 5.59. The van der Waals surface area contributed by atoms with E-state index in [4.69, 9.17) is 25.1 Å². The van der Waals surface area contributed by atoms with Gasteiger partial charge >= 0.3 is 25.5 Å². The highest BCUT2D eigenvalue weighted by Gasteiger charge is 2.61. The number of carboxylic acids is 3. The molecule has 11 nitrogen and oxygen atoms in total. The van der Waals surface area contributed by atoms with Crippen LogP contribution >= 0.6 is 7.60 Å². The van der Waals surface area contributed by atoms with Crippen molar-refractivity contribution in [1.82, 2.24) is 4.90 Å². The Morgan fingerprint density at radius 1 is 1.18 bits per heavy atom. The molecule has 0 rings (SSSR count). The monoisotopic (exact) mass is 343 g/mol. The van der Waals surface area contributed by atoms with Gasteiger partial charge in [0, 0.05) is 14.1 Å². The molecular formula is C10H18NO10P. The number of nitrogens with zero attached hydrogens (tertiary/aromatic N) is 1. The van der Waals surface area contributed by atoms with E-state index in [2.05, 4.69) is 0 Å². The third-order valence-electron chi connectivity index (χ3n) is 2.61. The quantitative estimate of drug-likeness (QED) is 0.280. The van der Waals surface area contributed by atoms with Gasteiger partial charge in [0.2, 0.25) is 6.41 Å². The van der Waals surface area contributed by atoms with Gasteiger partial charge < -0.3 is 30.0 Å². The molecule has 0 spiro atoms. The summed E-state index contributed by atoms with van der Waals surface area (Å²) in [6.45, 7) is 0.735. The summed E-state index contributed by atoms with van der Waals surface area (Å²) in [6.07, 6.45) is -0.736. The zero-order valence-electron chi connectivity index (χ0n) is 12.0. The lowest BCUT2D eigenvalue weighted by atomic mass is 9.90. The summed E-state index contributed by atoms with van der Waals surface area (Å²) in [7, 11) is -2.11. The summed E-state index contributed by atoms with van der Waals surface area (Å²) >= 11 is 0. The molecule has 0 aromatic rings. The molecule has 0 heterocycles. The van der Waals surface area contributed by atoms with E-state index in [-0.39, 0.29) is 0 Å². The van der Waals surface area contributed by atoms with Crippen LogP contribution in [-0.4, -0.2) is 73.6 Å². The Morgan fingerprint density at radius 3 is 1.68 bits per heavy atom. The number of carbonyl (C=O) groups excluding carboxylic acids is 1. The van der Waals surface area contributed by atoms with Crippen LogP contribution < -0.4 is 0 Å². The van der Waals surface area contributed by atoms with Gasteiger partial charge in [0.05, 0.1) is 12.3 Å².